The number of ether oxygens (including phenoxy) is 15. The SMILES string of the molecule is CCC(CO)OC(CO)OC.CCC(CO)OC(COC(=O)CCCC(=O)NCCSC1CC(=O)N(CCOCCC(=O)NC)C1=O)OC.CCC(CO)OC(COC(=O)CCCC(=O)N[C@H](C)C(=O)OCCCNC(=O)[C@]1(O)C2N(C)c3cc(OC)c([C@@]4(C(=O)OC)CC5CN(CCC6=C4Cc4ccccc46)CC(O)(CC)C5)cc3[C@@]23CCN2CC=C[C@](CC)(C23)[C@H]1O)OC.CCC(CO)OC(COC(=O)CCCC(=O)O)OC. The molecule has 2 aliphatic carbocycles. The van der Waals surface area contributed by atoms with E-state index in [-0.39, 0.29) is 204 Å². The van der Waals surface area contributed by atoms with E-state index in [0.717, 1.165) is 27.8 Å². The molecule has 8 aliphatic rings. The van der Waals surface area contributed by atoms with Gasteiger partial charge in [0.15, 0.2) is 30.8 Å². The number of methoxy groups -OCH3 is 6. The van der Waals surface area contributed by atoms with Gasteiger partial charge in [0, 0.05) is 173 Å². The number of thioether (sulfide) groups is 1. The fraction of sp³-hybridized carbons (Fsp3) is 0.733. The number of fused-ring (bicyclic) bond motifs is 5. The second-order valence-electron chi connectivity index (χ2n) is 38.5. The van der Waals surface area contributed by atoms with Gasteiger partial charge in [0.25, 0.3) is 5.91 Å². The summed E-state index contributed by atoms with van der Waals surface area (Å²) < 4.78 is 80.0. The molecule has 10 rings (SSSR count). The maximum absolute atomic E-state index is 15.6. The lowest BCUT2D eigenvalue weighted by molar-refractivity contribution is -0.203. The van der Waals surface area contributed by atoms with E-state index in [0.29, 0.717) is 139 Å². The van der Waals surface area contributed by atoms with E-state index >= 15 is 9.59 Å². The second kappa shape index (κ2) is 63.7. The number of aliphatic hydroxyl groups excluding tert-OH is 6. The van der Waals surface area contributed by atoms with E-state index in [1.165, 1.54) is 66.2 Å². The van der Waals surface area contributed by atoms with Gasteiger partial charge in [-0.2, -0.15) is 0 Å². The van der Waals surface area contributed by atoms with Gasteiger partial charge in [0.2, 0.25) is 29.5 Å². The molecule has 1 saturated carbocycles. The zero-order valence-corrected chi connectivity index (χ0v) is 90.7. The quantitative estimate of drug-likeness (QED) is 0.0113. The van der Waals surface area contributed by atoms with Crippen LogP contribution in [0.15, 0.2) is 54.1 Å². The number of carboxylic acids is 1. The number of imide groups is 1. The minimum absolute atomic E-state index is 0.0258. The number of aliphatic carboxylic acids is 1. The number of hydrogen-bond donors (Lipinski definition) is 13. The monoisotopic (exact) mass is 2150 g/mol. The molecule has 2 aromatic rings. The number of aliphatic hydroxyl groups is 8. The van der Waals surface area contributed by atoms with Gasteiger partial charge >= 0.3 is 35.8 Å². The van der Waals surface area contributed by atoms with Crippen LogP contribution >= 0.6 is 11.8 Å². The number of carbonyl (C=O) groups excluding carboxylic acids is 11. The highest BCUT2D eigenvalue weighted by Crippen LogP contribution is 2.68. The van der Waals surface area contributed by atoms with Crippen molar-refractivity contribution in [2.24, 2.45) is 11.3 Å². The number of nitrogens with one attached hydrogen (secondary N) is 4. The van der Waals surface area contributed by atoms with Gasteiger partial charge < -0.3 is 143 Å². The minimum atomic E-state index is -2.41. The smallest absolute Gasteiger partial charge is 0.328 e. The Kier molecular flexibility index (Phi) is 54.3. The summed E-state index contributed by atoms with van der Waals surface area (Å²) in [6.45, 7) is 15.7. The van der Waals surface area contributed by atoms with Gasteiger partial charge in [0.05, 0.1) is 115 Å². The van der Waals surface area contributed by atoms with E-state index in [9.17, 15) is 73.5 Å². The van der Waals surface area contributed by atoms with Crippen LogP contribution in [0.3, 0.4) is 0 Å². The summed E-state index contributed by atoms with van der Waals surface area (Å²) in [6, 6.07) is 10.0. The van der Waals surface area contributed by atoms with Crippen LogP contribution in [0.5, 0.6) is 5.75 Å². The lowest BCUT2D eigenvalue weighted by Crippen LogP contribution is -2.81. The number of carbonyl (C=O) groups is 12. The van der Waals surface area contributed by atoms with E-state index in [4.69, 9.17) is 91.5 Å². The molecule has 3 saturated heterocycles. The minimum Gasteiger partial charge on any atom is -0.496 e. The van der Waals surface area contributed by atoms with Crippen molar-refractivity contribution in [3.05, 3.63) is 76.4 Å². The number of carboxylic acid groups (broad SMARTS) is 1. The molecule has 2 aromatic carbocycles. The van der Waals surface area contributed by atoms with Crippen LogP contribution in [0.25, 0.3) is 5.57 Å². The number of anilines is 1. The Hall–Kier alpha value is -9.05. The number of likely N-dealkylation sites (tertiary alicyclic amines) is 1. The van der Waals surface area contributed by atoms with Crippen LogP contribution in [0.1, 0.15) is 212 Å². The summed E-state index contributed by atoms with van der Waals surface area (Å²) in [5.74, 6) is -4.97. The van der Waals surface area contributed by atoms with E-state index in [1.807, 2.05) is 83.8 Å². The molecular formula is C105H166N8O36S. The molecule has 13 N–H and O–H groups in total. The summed E-state index contributed by atoms with van der Waals surface area (Å²) in [4.78, 5) is 158. The number of piperidine rings is 1. The molecule has 14 unspecified atom stereocenters. The zero-order chi connectivity index (χ0) is 111. The van der Waals surface area contributed by atoms with Crippen molar-refractivity contribution in [3.8, 4) is 5.75 Å². The van der Waals surface area contributed by atoms with Gasteiger partial charge in [-0.15, -0.1) is 11.8 Å². The van der Waals surface area contributed by atoms with Crippen LogP contribution in [-0.2, 0) is 141 Å². The van der Waals surface area contributed by atoms with E-state index < -0.39 is 136 Å². The van der Waals surface area contributed by atoms with Crippen molar-refractivity contribution in [2.75, 3.05) is 192 Å². The molecule has 0 radical (unpaired) electrons. The molecule has 2 bridgehead atoms. The number of rotatable bonds is 61. The number of esters is 5. The zero-order valence-electron chi connectivity index (χ0n) is 89.9. The van der Waals surface area contributed by atoms with Crippen LogP contribution in [-0.4, -0.2) is 410 Å². The first-order chi connectivity index (χ1) is 71.8. The first-order valence-corrected chi connectivity index (χ1v) is 53.2. The molecule has 0 aromatic heterocycles. The number of benzene rings is 2. The molecule has 848 valence electrons. The maximum Gasteiger partial charge on any atom is 0.328 e. The third-order valence-corrected chi connectivity index (χ3v) is 30.2. The first kappa shape index (κ1) is 128. The average molecular weight is 2150 g/mol. The highest BCUT2D eigenvalue weighted by molar-refractivity contribution is 8.00. The molecule has 4 fully saturated rings. The normalized spacial score (nSPS) is 24.5. The molecule has 20 atom stereocenters. The molecule has 6 aliphatic heterocycles. The Morgan fingerprint density at radius 3 is 1.70 bits per heavy atom. The van der Waals surface area contributed by atoms with Crippen LogP contribution in [0, 0.1) is 11.3 Å². The number of amides is 6. The standard InChI is InChI=1S/C62H87N5O15.C24H41N3O10S.C12H22O7.C7H16O4/c1-9-41(35-68)82-51(78-7)36-81-50(70)20-14-19-49(69)64-38(4)52(71)80-28-16-24-63-56(73)62(76)54-60(23-27-67-25-15-22-59(11-3,53(60)67)55(62)72)45-30-46(48(77-6)31-47(45)65(54)5)61(57(74)79-8)33-39-32-58(75,10-2)37-66(34-39)26-21-43-42-18-13-12-17-40(42)29-44(43)61;1-4-17(15-28)37-23(34-3)16-36-22(32)7-5-6-20(30)26-9-13-38-18-14-21(31)27(24(18)33)10-12-35-11-8-19(29)25-2;1-3-9(7-13)19-12(17-2)8-18-11(16)6-4-5-10(14)15;1-3-6(4-8)11-7(5-9)10-2/h12-13,15,17-18,22,30-31,38-39,41,51,53-55,68,72,75-76H,9-11,14,16,19-21,23-29,32-37H2,1-8H3,(H,63,73)(H,64,69);17-18,23,28H,4-16H2,1-3H3,(H,25,29)(H,26,30);9,12-13H,3-8H2,1-2H3,(H,14,15);6-9H,3-5H2,1-2H3/t38-,39?,41?,51?,53?,54?,55-,58?,59-,60-,61-,62+;;;/m1.../s1. The lowest BCUT2D eigenvalue weighted by atomic mass is 9.47. The van der Waals surface area contributed by atoms with E-state index in [2.05, 4.69) is 49.3 Å². The predicted molar refractivity (Wildman–Crippen MR) is 547 cm³/mol. The lowest BCUT2D eigenvalue weighted by Gasteiger charge is -2.63. The Morgan fingerprint density at radius 2 is 1.17 bits per heavy atom. The number of likely N-dealkylation sites (N-methyl/N-ethyl adjacent to an activating group) is 1. The summed E-state index contributed by atoms with van der Waals surface area (Å²) in [5.41, 5.74) is -0.330. The Morgan fingerprint density at radius 1 is 0.607 bits per heavy atom. The maximum atomic E-state index is 15.6. The predicted octanol–water partition coefficient (Wildman–Crippen LogP) is 3.48. The van der Waals surface area contributed by atoms with Crippen molar-refractivity contribution in [2.45, 2.75) is 297 Å². The summed E-state index contributed by atoms with van der Waals surface area (Å²) in [6.07, 6.45) is 5.16. The van der Waals surface area contributed by atoms with Gasteiger partial charge in [0.1, 0.15) is 43.1 Å². The first-order valence-electron chi connectivity index (χ1n) is 52.2. The van der Waals surface area contributed by atoms with Gasteiger partial charge in [-0.3, -0.25) is 67.4 Å². The number of nitrogens with zero attached hydrogens (tertiary/aromatic N) is 4. The van der Waals surface area contributed by atoms with Crippen molar-refractivity contribution in [3.63, 3.8) is 0 Å². The molecule has 6 heterocycles. The third kappa shape index (κ3) is 34.0. The highest BCUT2D eigenvalue weighted by Gasteiger charge is 2.79. The highest BCUT2D eigenvalue weighted by atomic mass is 32.2. The Labute approximate surface area is 883 Å². The Bertz CT molecular complexity index is 4680. The average Bonchev–Trinajstić information content (AvgIpc) is 1.47. The Balaban J connectivity index is 0.000000365. The topological polar surface area (TPSA) is 586 Å². The summed E-state index contributed by atoms with van der Waals surface area (Å²) >= 11 is 1.31. The van der Waals surface area contributed by atoms with Crippen LogP contribution in [0.4, 0.5) is 5.69 Å². The van der Waals surface area contributed by atoms with Crippen molar-refractivity contribution < 1.29 is 175 Å². The second-order valence-corrected chi connectivity index (χ2v) is 39.8. The fourth-order valence-electron chi connectivity index (χ4n) is 21.0. The third-order valence-electron chi connectivity index (χ3n) is 29.0. The largest absolute Gasteiger partial charge is 0.496 e. The van der Waals surface area contributed by atoms with Gasteiger partial charge in [-0.1, -0.05) is 78.0 Å². The van der Waals surface area contributed by atoms with Crippen LogP contribution < -0.4 is 30.9 Å². The van der Waals surface area contributed by atoms with Crippen LogP contribution in [0.2, 0.25) is 0 Å². The fourth-order valence-corrected chi connectivity index (χ4v) is 22.0. The van der Waals surface area contributed by atoms with Crippen molar-refractivity contribution in [1.29, 1.82) is 0 Å². The molecule has 6 amide bonds. The molecule has 1 spiro atoms. The van der Waals surface area contributed by atoms with Crippen molar-refractivity contribution in [1.82, 2.24) is 36.0 Å². The molecule has 150 heavy (non-hydrogen) atoms. The summed E-state index contributed by atoms with van der Waals surface area (Å²) in [5, 5.41) is 102. The molecule has 45 heteroatoms. The number of hydrogen-bond acceptors (Lipinski definition) is 39. The molecule has 44 nitrogen and oxygen atoms in total. The van der Waals surface area contributed by atoms with Crippen molar-refractivity contribution >= 4 is 94.3 Å². The summed E-state index contributed by atoms with van der Waals surface area (Å²) in [7, 11) is 12.1. The van der Waals surface area contributed by atoms with Gasteiger partial charge in [-0.05, 0) is 150 Å². The van der Waals surface area contributed by atoms with E-state index in [1.54, 1.807) is 7.11 Å². The van der Waals surface area contributed by atoms with Gasteiger partial charge in [-0.25, -0.2) is 4.79 Å². The molecular weight excluding hydrogens is 1980 g/mol.